The Kier molecular flexibility index (Phi) is 2.81. The van der Waals surface area contributed by atoms with E-state index in [1.165, 1.54) is 12.8 Å². The zero-order chi connectivity index (χ0) is 11.8. The van der Waals surface area contributed by atoms with Crippen LogP contribution in [-0.4, -0.2) is 16.1 Å². The second-order valence-corrected chi connectivity index (χ2v) is 5.23. The second-order valence-electron chi connectivity index (χ2n) is 4.79. The van der Waals surface area contributed by atoms with E-state index in [2.05, 4.69) is 21.9 Å². The third-order valence-electron chi connectivity index (χ3n) is 3.35. The van der Waals surface area contributed by atoms with Gasteiger partial charge in [-0.05, 0) is 43.5 Å². The summed E-state index contributed by atoms with van der Waals surface area (Å²) in [5.74, 6) is 1.97. The van der Waals surface area contributed by atoms with E-state index in [0.717, 1.165) is 40.9 Å². The summed E-state index contributed by atoms with van der Waals surface area (Å²) in [6.07, 6.45) is 2.76. The maximum Gasteiger partial charge on any atom is 0.123 e. The number of imidazole rings is 1. The number of hydrogen-bond acceptors (Lipinski definition) is 2. The van der Waals surface area contributed by atoms with Crippen LogP contribution in [0.5, 0.6) is 0 Å². The molecule has 0 bridgehead atoms. The van der Waals surface area contributed by atoms with Gasteiger partial charge in [0.15, 0.2) is 0 Å². The number of benzene rings is 1. The molecule has 4 heteroatoms. The normalized spacial score (nSPS) is 15.6. The lowest BCUT2D eigenvalue weighted by atomic mass is 10.3. The Morgan fingerprint density at radius 3 is 3.06 bits per heavy atom. The highest BCUT2D eigenvalue weighted by atomic mass is 35.5. The van der Waals surface area contributed by atoms with Crippen LogP contribution in [0.25, 0.3) is 11.0 Å². The van der Waals surface area contributed by atoms with Crippen LogP contribution in [0.15, 0.2) is 18.2 Å². The summed E-state index contributed by atoms with van der Waals surface area (Å²) in [7, 11) is 2.05. The van der Waals surface area contributed by atoms with Gasteiger partial charge in [-0.25, -0.2) is 4.98 Å². The van der Waals surface area contributed by atoms with Gasteiger partial charge in [-0.15, -0.1) is 0 Å². The van der Waals surface area contributed by atoms with Gasteiger partial charge in [-0.1, -0.05) is 11.6 Å². The molecule has 1 saturated carbocycles. The summed E-state index contributed by atoms with van der Waals surface area (Å²) < 4.78 is 2.13. The van der Waals surface area contributed by atoms with Crippen molar-refractivity contribution < 1.29 is 0 Å². The van der Waals surface area contributed by atoms with E-state index < -0.39 is 0 Å². The first-order chi connectivity index (χ1) is 8.24. The van der Waals surface area contributed by atoms with Gasteiger partial charge >= 0.3 is 0 Å². The van der Waals surface area contributed by atoms with E-state index >= 15 is 0 Å². The molecule has 0 spiro atoms. The molecule has 90 valence electrons. The van der Waals surface area contributed by atoms with E-state index in [-0.39, 0.29) is 0 Å². The lowest BCUT2D eigenvalue weighted by Gasteiger charge is -2.03. The third-order valence-corrected chi connectivity index (χ3v) is 3.58. The molecule has 0 aliphatic heterocycles. The molecule has 1 fully saturated rings. The largest absolute Gasteiger partial charge is 0.330 e. The predicted molar refractivity (Wildman–Crippen MR) is 70.2 cm³/mol. The monoisotopic (exact) mass is 249 g/mol. The van der Waals surface area contributed by atoms with Crippen LogP contribution in [0.1, 0.15) is 18.7 Å². The summed E-state index contributed by atoms with van der Waals surface area (Å²) in [6.45, 7) is 1.95. The highest BCUT2D eigenvalue weighted by Crippen LogP contribution is 2.27. The van der Waals surface area contributed by atoms with Gasteiger partial charge < -0.3 is 9.88 Å². The summed E-state index contributed by atoms with van der Waals surface area (Å²) in [6, 6.07) is 5.85. The van der Waals surface area contributed by atoms with Crippen LogP contribution >= 0.6 is 11.6 Å². The van der Waals surface area contributed by atoms with Crippen molar-refractivity contribution in [3.63, 3.8) is 0 Å². The molecule has 17 heavy (non-hydrogen) atoms. The number of rotatable bonds is 4. The Labute approximate surface area is 106 Å². The van der Waals surface area contributed by atoms with Gasteiger partial charge in [-0.2, -0.15) is 0 Å². The summed E-state index contributed by atoms with van der Waals surface area (Å²) in [5, 5.41) is 4.21. The maximum absolute atomic E-state index is 5.97. The Balaban J connectivity index is 1.80. The van der Waals surface area contributed by atoms with Gasteiger partial charge in [-0.3, -0.25) is 0 Å². The lowest BCUT2D eigenvalue weighted by molar-refractivity contribution is 0.607. The van der Waals surface area contributed by atoms with E-state index in [0.29, 0.717) is 0 Å². The van der Waals surface area contributed by atoms with Crippen LogP contribution in [-0.2, 0) is 13.6 Å². The minimum absolute atomic E-state index is 0.744. The van der Waals surface area contributed by atoms with Gasteiger partial charge in [0.1, 0.15) is 5.82 Å². The van der Waals surface area contributed by atoms with Crippen molar-refractivity contribution in [2.45, 2.75) is 19.4 Å². The molecule has 3 rings (SSSR count). The molecule has 0 radical (unpaired) electrons. The van der Waals surface area contributed by atoms with E-state index in [1.54, 1.807) is 0 Å². The van der Waals surface area contributed by atoms with E-state index in [9.17, 15) is 0 Å². The Hall–Kier alpha value is -1.06. The van der Waals surface area contributed by atoms with Crippen LogP contribution in [0.2, 0.25) is 5.02 Å². The fourth-order valence-electron chi connectivity index (χ4n) is 2.09. The van der Waals surface area contributed by atoms with Crippen LogP contribution in [0.4, 0.5) is 0 Å². The molecule has 0 amide bonds. The molecule has 1 aromatic carbocycles. The lowest BCUT2D eigenvalue weighted by Crippen LogP contribution is -2.18. The minimum atomic E-state index is 0.744. The number of aryl methyl sites for hydroxylation is 1. The predicted octanol–water partition coefficient (Wildman–Crippen LogP) is 2.73. The van der Waals surface area contributed by atoms with E-state index in [4.69, 9.17) is 11.6 Å². The van der Waals surface area contributed by atoms with Gasteiger partial charge in [0.05, 0.1) is 17.6 Å². The van der Waals surface area contributed by atoms with Crippen molar-refractivity contribution in [3.8, 4) is 0 Å². The molecule has 1 aliphatic rings. The van der Waals surface area contributed by atoms with Gasteiger partial charge in [0.25, 0.3) is 0 Å². The minimum Gasteiger partial charge on any atom is -0.330 e. The Bertz CT molecular complexity index is 543. The number of fused-ring (bicyclic) bond motifs is 1. The molecule has 1 heterocycles. The first-order valence-corrected chi connectivity index (χ1v) is 6.43. The molecule has 1 aliphatic carbocycles. The molecule has 0 atom stereocenters. The number of nitrogens with zero attached hydrogens (tertiary/aromatic N) is 2. The highest BCUT2D eigenvalue weighted by molar-refractivity contribution is 6.31. The fourth-order valence-corrected chi connectivity index (χ4v) is 2.26. The average Bonchev–Trinajstić information content (AvgIpc) is 3.06. The molecule has 0 saturated heterocycles. The van der Waals surface area contributed by atoms with Crippen molar-refractivity contribution in [1.82, 2.24) is 14.9 Å². The zero-order valence-corrected chi connectivity index (χ0v) is 10.7. The first kappa shape index (κ1) is 11.1. The molecule has 2 aromatic rings. The van der Waals surface area contributed by atoms with Crippen molar-refractivity contribution >= 4 is 22.6 Å². The number of halogens is 1. The molecule has 0 unspecified atom stereocenters. The maximum atomic E-state index is 5.97. The standard InChI is InChI=1S/C13H16ClN3/c1-17-12-5-4-10(14)6-11(12)16-13(17)8-15-7-9-2-3-9/h4-6,9,15H,2-3,7-8H2,1H3. The van der Waals surface area contributed by atoms with E-state index in [1.807, 2.05) is 18.2 Å². The quantitative estimate of drug-likeness (QED) is 0.903. The zero-order valence-electron chi connectivity index (χ0n) is 9.91. The van der Waals surface area contributed by atoms with Crippen LogP contribution in [0.3, 0.4) is 0 Å². The van der Waals surface area contributed by atoms with Gasteiger partial charge in [0, 0.05) is 12.1 Å². The second kappa shape index (κ2) is 4.31. The average molecular weight is 250 g/mol. The van der Waals surface area contributed by atoms with Crippen molar-refractivity contribution in [3.05, 3.63) is 29.0 Å². The molecular formula is C13H16ClN3. The van der Waals surface area contributed by atoms with Crippen LogP contribution in [0, 0.1) is 5.92 Å². The third kappa shape index (κ3) is 2.31. The molecule has 3 nitrogen and oxygen atoms in total. The molecule has 1 aromatic heterocycles. The van der Waals surface area contributed by atoms with Crippen LogP contribution < -0.4 is 5.32 Å². The number of aromatic nitrogens is 2. The summed E-state index contributed by atoms with van der Waals surface area (Å²) in [5.41, 5.74) is 2.11. The Morgan fingerprint density at radius 1 is 1.47 bits per heavy atom. The smallest absolute Gasteiger partial charge is 0.123 e. The number of nitrogens with one attached hydrogen (secondary N) is 1. The summed E-state index contributed by atoms with van der Waals surface area (Å²) in [4.78, 5) is 4.61. The SMILES string of the molecule is Cn1c(CNCC2CC2)nc2cc(Cl)ccc21. The van der Waals surface area contributed by atoms with Gasteiger partial charge in [0.2, 0.25) is 0 Å². The number of hydrogen-bond donors (Lipinski definition) is 1. The fraction of sp³-hybridized carbons (Fsp3) is 0.462. The van der Waals surface area contributed by atoms with Crippen molar-refractivity contribution in [2.75, 3.05) is 6.54 Å². The summed E-state index contributed by atoms with van der Waals surface area (Å²) >= 11 is 5.97. The van der Waals surface area contributed by atoms with Crippen molar-refractivity contribution in [1.29, 1.82) is 0 Å². The highest BCUT2D eigenvalue weighted by Gasteiger charge is 2.20. The Morgan fingerprint density at radius 2 is 2.29 bits per heavy atom. The first-order valence-electron chi connectivity index (χ1n) is 6.05. The van der Waals surface area contributed by atoms with Crippen molar-refractivity contribution in [2.24, 2.45) is 13.0 Å². The molecular weight excluding hydrogens is 234 g/mol. The molecule has 1 N–H and O–H groups in total. The topological polar surface area (TPSA) is 29.9 Å².